The number of nitrogens with two attached hydrogens (primary N) is 1. The van der Waals surface area contributed by atoms with Gasteiger partial charge >= 0.3 is 0 Å². The van der Waals surface area contributed by atoms with Gasteiger partial charge in [-0.1, -0.05) is 48.5 Å². The highest BCUT2D eigenvalue weighted by molar-refractivity contribution is 5.90. The smallest absolute Gasteiger partial charge is 0.243 e. The number of carbonyl (C=O) groups excluding carboxylic acids is 2. The van der Waals surface area contributed by atoms with Crippen molar-refractivity contribution < 1.29 is 14.7 Å². The molecule has 0 saturated heterocycles. The zero-order chi connectivity index (χ0) is 26.1. The highest BCUT2D eigenvalue weighted by Crippen LogP contribution is 2.28. The second-order valence-electron chi connectivity index (χ2n) is 10.6. The first-order chi connectivity index (χ1) is 17.8. The summed E-state index contributed by atoms with van der Waals surface area (Å²) >= 11 is 0. The van der Waals surface area contributed by atoms with Crippen molar-refractivity contribution in [2.45, 2.75) is 58.2 Å². The fraction of sp³-hybridized carbons (Fsp3) is 0.355. The van der Waals surface area contributed by atoms with Crippen molar-refractivity contribution in [2.75, 3.05) is 6.54 Å². The summed E-state index contributed by atoms with van der Waals surface area (Å²) in [4.78, 5) is 28.9. The molecule has 0 unspecified atom stereocenters. The van der Waals surface area contributed by atoms with Gasteiger partial charge in [0.05, 0.1) is 6.04 Å². The molecule has 0 spiro atoms. The molecule has 5 rings (SSSR count). The van der Waals surface area contributed by atoms with Gasteiger partial charge in [-0.05, 0) is 90.1 Å². The van der Waals surface area contributed by atoms with E-state index in [2.05, 4.69) is 29.6 Å². The Labute approximate surface area is 218 Å². The van der Waals surface area contributed by atoms with Crippen molar-refractivity contribution in [3.63, 3.8) is 0 Å². The number of nitrogens with zero attached hydrogens (tertiary/aromatic N) is 1. The predicted octanol–water partition coefficient (Wildman–Crippen LogP) is 3.36. The molecular formula is C31H35N3O3. The van der Waals surface area contributed by atoms with Crippen LogP contribution >= 0.6 is 0 Å². The number of hydrogen-bond acceptors (Lipinski definition) is 4. The van der Waals surface area contributed by atoms with Crippen molar-refractivity contribution in [1.29, 1.82) is 0 Å². The molecule has 37 heavy (non-hydrogen) atoms. The standard InChI is InChI=1S/C31H35N3O3/c1-19-11-26(35)12-20(2)27(19)16-28(32)31(37)34-18-25-10-6-5-9-24(25)15-29(34)30(36)33-17-21-13-22-7-3-4-8-23(22)14-21/h3-12,21,28-29,35H,13-18,32H2,1-2H3,(H,33,36)/t28-,29-/m0/s1. The number of nitrogens with one attached hydrogen (secondary N) is 1. The zero-order valence-corrected chi connectivity index (χ0v) is 21.5. The van der Waals surface area contributed by atoms with E-state index in [9.17, 15) is 14.7 Å². The van der Waals surface area contributed by atoms with Crippen LogP contribution in [0.3, 0.4) is 0 Å². The fourth-order valence-corrected chi connectivity index (χ4v) is 5.96. The topological polar surface area (TPSA) is 95.7 Å². The Morgan fingerprint density at radius 3 is 2.08 bits per heavy atom. The monoisotopic (exact) mass is 497 g/mol. The van der Waals surface area contributed by atoms with E-state index < -0.39 is 12.1 Å². The van der Waals surface area contributed by atoms with Gasteiger partial charge in [0.25, 0.3) is 0 Å². The van der Waals surface area contributed by atoms with Crippen LogP contribution in [0.2, 0.25) is 0 Å². The first-order valence-corrected chi connectivity index (χ1v) is 13.1. The molecule has 1 aliphatic carbocycles. The summed E-state index contributed by atoms with van der Waals surface area (Å²) in [6, 6.07) is 18.4. The van der Waals surface area contributed by atoms with Gasteiger partial charge in [0.2, 0.25) is 11.8 Å². The summed E-state index contributed by atoms with van der Waals surface area (Å²) in [5.41, 5.74) is 14.1. The third kappa shape index (κ3) is 5.25. The van der Waals surface area contributed by atoms with E-state index in [0.717, 1.165) is 40.7 Å². The number of aryl methyl sites for hydroxylation is 2. The van der Waals surface area contributed by atoms with Crippen LogP contribution in [0.15, 0.2) is 60.7 Å². The van der Waals surface area contributed by atoms with Crippen LogP contribution in [0.25, 0.3) is 0 Å². The van der Waals surface area contributed by atoms with Crippen LogP contribution in [0.1, 0.15) is 38.9 Å². The number of fused-ring (bicyclic) bond motifs is 2. The van der Waals surface area contributed by atoms with Gasteiger partial charge in [0, 0.05) is 19.5 Å². The summed E-state index contributed by atoms with van der Waals surface area (Å²) in [6.07, 6.45) is 2.75. The van der Waals surface area contributed by atoms with Gasteiger partial charge in [0.15, 0.2) is 0 Å². The number of aromatic hydroxyl groups is 1. The molecule has 3 aromatic carbocycles. The van der Waals surface area contributed by atoms with E-state index in [4.69, 9.17) is 5.73 Å². The molecule has 0 saturated carbocycles. The van der Waals surface area contributed by atoms with Crippen LogP contribution in [0.5, 0.6) is 5.75 Å². The highest BCUT2D eigenvalue weighted by Gasteiger charge is 2.37. The average Bonchev–Trinajstić information content (AvgIpc) is 3.31. The normalized spacial score (nSPS) is 17.7. The molecule has 1 aliphatic heterocycles. The Morgan fingerprint density at radius 1 is 0.946 bits per heavy atom. The molecule has 3 aromatic rings. The molecule has 2 amide bonds. The molecular weight excluding hydrogens is 462 g/mol. The van der Waals surface area contributed by atoms with Crippen LogP contribution in [-0.4, -0.2) is 40.4 Å². The van der Waals surface area contributed by atoms with E-state index in [1.54, 1.807) is 17.0 Å². The van der Waals surface area contributed by atoms with Gasteiger partial charge in [-0.15, -0.1) is 0 Å². The van der Waals surface area contributed by atoms with E-state index in [1.165, 1.54) is 11.1 Å². The van der Waals surface area contributed by atoms with Crippen molar-refractivity contribution in [1.82, 2.24) is 10.2 Å². The Bertz CT molecular complexity index is 1290. The molecule has 192 valence electrons. The van der Waals surface area contributed by atoms with E-state index in [-0.39, 0.29) is 17.6 Å². The van der Waals surface area contributed by atoms with E-state index in [0.29, 0.717) is 31.8 Å². The second-order valence-corrected chi connectivity index (χ2v) is 10.6. The van der Waals surface area contributed by atoms with Crippen LogP contribution < -0.4 is 11.1 Å². The number of hydrogen-bond donors (Lipinski definition) is 3. The van der Waals surface area contributed by atoms with Crippen molar-refractivity contribution in [2.24, 2.45) is 11.7 Å². The molecule has 2 atom stereocenters. The first-order valence-electron chi connectivity index (χ1n) is 13.1. The zero-order valence-electron chi connectivity index (χ0n) is 21.5. The second kappa shape index (κ2) is 10.4. The maximum Gasteiger partial charge on any atom is 0.243 e. The maximum absolute atomic E-state index is 13.7. The number of amides is 2. The van der Waals surface area contributed by atoms with Gasteiger partial charge in [-0.2, -0.15) is 0 Å². The fourth-order valence-electron chi connectivity index (χ4n) is 5.96. The Balaban J connectivity index is 1.31. The summed E-state index contributed by atoms with van der Waals surface area (Å²) in [5, 5.41) is 13.0. The molecule has 0 bridgehead atoms. The lowest BCUT2D eigenvalue weighted by molar-refractivity contribution is -0.142. The number of rotatable bonds is 6. The molecule has 0 radical (unpaired) electrons. The number of carbonyl (C=O) groups is 2. The summed E-state index contributed by atoms with van der Waals surface area (Å²) in [6.45, 7) is 4.77. The Kier molecular flexibility index (Phi) is 7.02. The van der Waals surface area contributed by atoms with Crippen molar-refractivity contribution in [3.8, 4) is 5.75 Å². The molecule has 6 nitrogen and oxygen atoms in total. The number of phenolic OH excluding ortho intramolecular Hbond substituents is 1. The molecule has 2 aliphatic rings. The third-order valence-corrected chi connectivity index (χ3v) is 7.96. The Morgan fingerprint density at radius 2 is 1.49 bits per heavy atom. The minimum Gasteiger partial charge on any atom is -0.508 e. The van der Waals surface area contributed by atoms with E-state index in [1.807, 2.05) is 38.1 Å². The average molecular weight is 498 g/mol. The van der Waals surface area contributed by atoms with Gasteiger partial charge < -0.3 is 21.1 Å². The van der Waals surface area contributed by atoms with Crippen molar-refractivity contribution in [3.05, 3.63) is 99.6 Å². The minimum absolute atomic E-state index is 0.122. The molecule has 6 heteroatoms. The van der Waals surface area contributed by atoms with Crippen LogP contribution in [-0.2, 0) is 41.8 Å². The summed E-state index contributed by atoms with van der Waals surface area (Å²) in [5.74, 6) is 0.218. The molecule has 4 N–H and O–H groups in total. The quantitative estimate of drug-likeness (QED) is 0.487. The number of phenols is 1. The Hall–Kier alpha value is -3.64. The van der Waals surface area contributed by atoms with Gasteiger partial charge in [-0.3, -0.25) is 9.59 Å². The van der Waals surface area contributed by atoms with Crippen LogP contribution in [0.4, 0.5) is 0 Å². The van der Waals surface area contributed by atoms with Crippen molar-refractivity contribution >= 4 is 11.8 Å². The molecule has 0 aromatic heterocycles. The number of benzene rings is 3. The largest absolute Gasteiger partial charge is 0.508 e. The van der Waals surface area contributed by atoms with E-state index >= 15 is 0 Å². The minimum atomic E-state index is -0.785. The van der Waals surface area contributed by atoms with Gasteiger partial charge in [-0.25, -0.2) is 0 Å². The summed E-state index contributed by atoms with van der Waals surface area (Å²) < 4.78 is 0. The lowest BCUT2D eigenvalue weighted by atomic mass is 9.91. The lowest BCUT2D eigenvalue weighted by Crippen LogP contribution is -2.57. The maximum atomic E-state index is 13.7. The predicted molar refractivity (Wildman–Crippen MR) is 144 cm³/mol. The SMILES string of the molecule is Cc1cc(O)cc(C)c1C[C@H](N)C(=O)N1Cc2ccccc2C[C@H]1C(=O)NCC1Cc2ccccc2C1. The van der Waals surface area contributed by atoms with Crippen LogP contribution in [0, 0.1) is 19.8 Å². The molecule has 1 heterocycles. The van der Waals surface area contributed by atoms with Gasteiger partial charge in [0.1, 0.15) is 11.8 Å². The third-order valence-electron chi connectivity index (χ3n) is 7.96. The highest BCUT2D eigenvalue weighted by atomic mass is 16.3. The summed E-state index contributed by atoms with van der Waals surface area (Å²) in [7, 11) is 0. The first kappa shape index (κ1) is 25.0. The lowest BCUT2D eigenvalue weighted by Gasteiger charge is -2.37. The molecule has 0 fully saturated rings.